The fraction of sp³-hybridized carbons (Fsp3) is 0.556. The van der Waals surface area contributed by atoms with Gasteiger partial charge in [0.2, 0.25) is 11.8 Å². The molecule has 0 saturated heterocycles. The lowest BCUT2D eigenvalue weighted by Gasteiger charge is -2.14. The molecule has 0 heterocycles. The molecule has 11 heteroatoms. The van der Waals surface area contributed by atoms with Crippen molar-refractivity contribution < 1.29 is 43.6 Å². The van der Waals surface area contributed by atoms with Crippen LogP contribution in [-0.4, -0.2) is 85.7 Å². The van der Waals surface area contributed by atoms with E-state index in [0.717, 1.165) is 24.3 Å². The van der Waals surface area contributed by atoms with Gasteiger partial charge in [0.25, 0.3) is 0 Å². The van der Waals surface area contributed by atoms with Crippen molar-refractivity contribution in [1.82, 2.24) is 10.6 Å². The maximum Gasteiger partial charge on any atom is 0.328 e. The standard InChI is InChI=1S/C18H28N2O9/c1-13(19-15(21)3-5-17(23)24)11-28-9-7-27-8-10-29-12-14(2)20-16(22)4-6-18(25)26/h3-6,13-14H,7-12H2,1-2H3,(H,19,21)(H,20,22)(H,23,24)(H,25,26). The van der Waals surface area contributed by atoms with Gasteiger partial charge in [0.15, 0.2) is 0 Å². The second kappa shape index (κ2) is 16.2. The lowest BCUT2D eigenvalue weighted by atomic mass is 10.3. The summed E-state index contributed by atoms with van der Waals surface area (Å²) in [6.07, 6.45) is 3.37. The number of amides is 2. The number of hydrogen-bond donors (Lipinski definition) is 4. The molecule has 0 saturated carbocycles. The molecule has 2 amide bonds. The Morgan fingerprint density at radius 1 is 0.690 bits per heavy atom. The fourth-order valence-corrected chi connectivity index (χ4v) is 1.82. The van der Waals surface area contributed by atoms with E-state index in [2.05, 4.69) is 10.6 Å². The minimum absolute atomic E-state index is 0.250. The minimum atomic E-state index is -1.20. The highest BCUT2D eigenvalue weighted by molar-refractivity contribution is 5.94. The van der Waals surface area contributed by atoms with E-state index in [4.69, 9.17) is 24.4 Å². The summed E-state index contributed by atoms with van der Waals surface area (Å²) in [7, 11) is 0. The van der Waals surface area contributed by atoms with Crippen molar-refractivity contribution in [2.24, 2.45) is 0 Å². The summed E-state index contributed by atoms with van der Waals surface area (Å²) in [5.74, 6) is -3.42. The zero-order chi connectivity index (χ0) is 22.1. The first-order chi connectivity index (χ1) is 13.7. The predicted octanol–water partition coefficient (Wildman–Crippen LogP) is -0.673. The van der Waals surface area contributed by atoms with Crippen LogP contribution in [-0.2, 0) is 33.4 Å². The van der Waals surface area contributed by atoms with Crippen molar-refractivity contribution in [3.8, 4) is 0 Å². The smallest absolute Gasteiger partial charge is 0.328 e. The number of hydrogen-bond acceptors (Lipinski definition) is 7. The molecule has 0 aromatic rings. The molecule has 0 aliphatic carbocycles. The van der Waals surface area contributed by atoms with Gasteiger partial charge in [-0.2, -0.15) is 0 Å². The third-order valence-electron chi connectivity index (χ3n) is 3.01. The Morgan fingerprint density at radius 2 is 1.03 bits per heavy atom. The van der Waals surface area contributed by atoms with Crippen molar-refractivity contribution in [2.45, 2.75) is 25.9 Å². The third kappa shape index (κ3) is 18.4. The zero-order valence-electron chi connectivity index (χ0n) is 16.5. The number of ether oxygens (including phenoxy) is 3. The Bertz CT molecular complexity index is 540. The van der Waals surface area contributed by atoms with E-state index < -0.39 is 23.8 Å². The van der Waals surface area contributed by atoms with Crippen LogP contribution in [0.25, 0.3) is 0 Å². The van der Waals surface area contributed by atoms with E-state index in [1.807, 2.05) is 0 Å². The highest BCUT2D eigenvalue weighted by atomic mass is 16.5. The molecule has 29 heavy (non-hydrogen) atoms. The Labute approximate surface area is 168 Å². The Balaban J connectivity index is 3.59. The lowest BCUT2D eigenvalue weighted by Crippen LogP contribution is -2.35. The van der Waals surface area contributed by atoms with Gasteiger partial charge in [0, 0.05) is 36.4 Å². The number of carboxylic acid groups (broad SMARTS) is 2. The summed E-state index contributed by atoms with van der Waals surface area (Å²) >= 11 is 0. The van der Waals surface area contributed by atoms with Gasteiger partial charge in [0.1, 0.15) is 0 Å². The van der Waals surface area contributed by atoms with Gasteiger partial charge < -0.3 is 35.1 Å². The molecule has 2 unspecified atom stereocenters. The highest BCUT2D eigenvalue weighted by Crippen LogP contribution is 1.89. The first-order valence-electron chi connectivity index (χ1n) is 8.87. The summed E-state index contributed by atoms with van der Waals surface area (Å²) < 4.78 is 16.0. The number of aliphatic carboxylic acids is 2. The van der Waals surface area contributed by atoms with Crippen LogP contribution in [0.1, 0.15) is 13.8 Å². The Kier molecular flexibility index (Phi) is 14.7. The summed E-state index contributed by atoms with van der Waals surface area (Å²) in [4.78, 5) is 43.3. The largest absolute Gasteiger partial charge is 0.478 e. The summed E-state index contributed by atoms with van der Waals surface area (Å²) in [6, 6.07) is -0.572. The summed E-state index contributed by atoms with van der Waals surface area (Å²) in [6.45, 7) is 5.23. The number of carbonyl (C=O) groups is 4. The van der Waals surface area contributed by atoms with Crippen LogP contribution in [0.4, 0.5) is 0 Å². The van der Waals surface area contributed by atoms with Crippen LogP contribution in [0.5, 0.6) is 0 Å². The average Bonchev–Trinajstić information content (AvgIpc) is 2.63. The van der Waals surface area contributed by atoms with Crippen LogP contribution < -0.4 is 10.6 Å². The molecule has 164 valence electrons. The number of carboxylic acids is 2. The lowest BCUT2D eigenvalue weighted by molar-refractivity contribution is -0.132. The van der Waals surface area contributed by atoms with Crippen molar-refractivity contribution in [3.63, 3.8) is 0 Å². The maximum absolute atomic E-state index is 11.4. The minimum Gasteiger partial charge on any atom is -0.478 e. The first kappa shape index (κ1) is 26.2. The van der Waals surface area contributed by atoms with Gasteiger partial charge in [-0.3, -0.25) is 9.59 Å². The van der Waals surface area contributed by atoms with Crippen molar-refractivity contribution >= 4 is 23.8 Å². The number of nitrogens with one attached hydrogen (secondary N) is 2. The third-order valence-corrected chi connectivity index (χ3v) is 3.01. The SMILES string of the molecule is CC(COCCOCCOCC(C)NC(=O)C=CC(=O)O)NC(=O)C=CC(=O)O. The second-order valence-electron chi connectivity index (χ2n) is 5.92. The monoisotopic (exact) mass is 416 g/mol. The molecule has 4 N–H and O–H groups in total. The summed E-state index contributed by atoms with van der Waals surface area (Å²) in [5.41, 5.74) is 0. The van der Waals surface area contributed by atoms with Gasteiger partial charge in [-0.15, -0.1) is 0 Å². The van der Waals surface area contributed by atoms with Crippen molar-refractivity contribution in [2.75, 3.05) is 39.6 Å². The van der Waals surface area contributed by atoms with Crippen LogP contribution in [0, 0.1) is 0 Å². The second-order valence-corrected chi connectivity index (χ2v) is 5.92. The molecule has 0 radical (unpaired) electrons. The molecule has 0 aliphatic heterocycles. The van der Waals surface area contributed by atoms with Crippen LogP contribution in [0.2, 0.25) is 0 Å². The molecule has 0 aromatic carbocycles. The van der Waals surface area contributed by atoms with E-state index in [1.54, 1.807) is 13.8 Å². The molecule has 2 atom stereocenters. The predicted molar refractivity (Wildman–Crippen MR) is 101 cm³/mol. The number of rotatable bonds is 16. The molecule has 0 rings (SSSR count). The van der Waals surface area contributed by atoms with E-state index in [0.29, 0.717) is 26.4 Å². The van der Waals surface area contributed by atoms with Crippen LogP contribution in [0.3, 0.4) is 0 Å². The van der Waals surface area contributed by atoms with E-state index >= 15 is 0 Å². The molecular weight excluding hydrogens is 388 g/mol. The van der Waals surface area contributed by atoms with Gasteiger partial charge in [0.05, 0.1) is 39.6 Å². The van der Waals surface area contributed by atoms with Gasteiger partial charge >= 0.3 is 11.9 Å². The molecule has 0 fully saturated rings. The molecule has 0 bridgehead atoms. The quantitative estimate of drug-likeness (QED) is 0.189. The fourth-order valence-electron chi connectivity index (χ4n) is 1.82. The topological polar surface area (TPSA) is 160 Å². The number of carbonyl (C=O) groups excluding carboxylic acids is 2. The van der Waals surface area contributed by atoms with E-state index in [9.17, 15) is 19.2 Å². The molecule has 0 aliphatic rings. The maximum atomic E-state index is 11.4. The zero-order valence-corrected chi connectivity index (χ0v) is 16.5. The average molecular weight is 416 g/mol. The molecule has 0 aromatic heterocycles. The molecular formula is C18H28N2O9. The van der Waals surface area contributed by atoms with E-state index in [1.165, 1.54) is 0 Å². The molecule has 0 spiro atoms. The molecule has 11 nitrogen and oxygen atoms in total. The van der Waals surface area contributed by atoms with Crippen molar-refractivity contribution in [1.29, 1.82) is 0 Å². The van der Waals surface area contributed by atoms with Gasteiger partial charge in [-0.1, -0.05) is 0 Å². The first-order valence-corrected chi connectivity index (χ1v) is 8.87. The Morgan fingerprint density at radius 3 is 1.38 bits per heavy atom. The van der Waals surface area contributed by atoms with Crippen LogP contribution >= 0.6 is 0 Å². The summed E-state index contributed by atoms with van der Waals surface area (Å²) in [5, 5.41) is 21.9. The Hall–Kier alpha value is -2.76. The van der Waals surface area contributed by atoms with Crippen molar-refractivity contribution in [3.05, 3.63) is 24.3 Å². The van der Waals surface area contributed by atoms with Gasteiger partial charge in [-0.05, 0) is 13.8 Å². The highest BCUT2D eigenvalue weighted by Gasteiger charge is 2.06. The normalized spacial score (nSPS) is 13.3. The van der Waals surface area contributed by atoms with Crippen LogP contribution in [0.15, 0.2) is 24.3 Å². The van der Waals surface area contributed by atoms with E-state index in [-0.39, 0.29) is 25.3 Å². The van der Waals surface area contributed by atoms with Gasteiger partial charge in [-0.25, -0.2) is 9.59 Å².